The Morgan fingerprint density at radius 2 is 2.10 bits per heavy atom. The fourth-order valence-electron chi connectivity index (χ4n) is 2.57. The van der Waals surface area contributed by atoms with E-state index >= 15 is 0 Å². The highest BCUT2D eigenvalue weighted by Crippen LogP contribution is 2.22. The second kappa shape index (κ2) is 6.40. The number of nitrogens with one attached hydrogen (secondary N) is 2. The number of carbonyl (C=O) groups is 1. The van der Waals surface area contributed by atoms with E-state index in [0.29, 0.717) is 13.0 Å². The normalized spacial score (nSPS) is 18.4. The lowest BCUT2D eigenvalue weighted by atomic mass is 9.90. The van der Waals surface area contributed by atoms with Gasteiger partial charge in [-0.2, -0.15) is 0 Å². The van der Waals surface area contributed by atoms with Crippen molar-refractivity contribution >= 4 is 5.91 Å². The molecule has 20 heavy (non-hydrogen) atoms. The van der Waals surface area contributed by atoms with Crippen molar-refractivity contribution in [3.8, 4) is 0 Å². The molecule has 0 saturated carbocycles. The van der Waals surface area contributed by atoms with Gasteiger partial charge in [-0.25, -0.2) is 0 Å². The summed E-state index contributed by atoms with van der Waals surface area (Å²) in [6.45, 7) is 8.16. The molecule has 3 heteroatoms. The third-order valence-electron chi connectivity index (χ3n) is 3.82. The van der Waals surface area contributed by atoms with E-state index in [0.717, 1.165) is 19.4 Å². The molecule has 0 fully saturated rings. The molecule has 1 amide bonds. The summed E-state index contributed by atoms with van der Waals surface area (Å²) in [5.74, 6) is 0.157. The van der Waals surface area contributed by atoms with Crippen LogP contribution in [0.5, 0.6) is 0 Å². The molecule has 2 rings (SSSR count). The van der Waals surface area contributed by atoms with E-state index in [1.807, 2.05) is 0 Å². The molecule has 1 aliphatic rings. The number of fused-ring (bicyclic) bond motifs is 1. The highest BCUT2D eigenvalue weighted by Gasteiger charge is 2.20. The molecule has 0 bridgehead atoms. The van der Waals surface area contributed by atoms with Crippen LogP contribution in [0.3, 0.4) is 0 Å². The molecular formula is C17H26N2O. The van der Waals surface area contributed by atoms with E-state index in [4.69, 9.17) is 0 Å². The van der Waals surface area contributed by atoms with Crippen molar-refractivity contribution in [2.24, 2.45) is 5.41 Å². The summed E-state index contributed by atoms with van der Waals surface area (Å²) >= 11 is 0. The first-order chi connectivity index (χ1) is 9.46. The van der Waals surface area contributed by atoms with Crippen LogP contribution < -0.4 is 10.6 Å². The predicted octanol–water partition coefficient (Wildman–Crippen LogP) is 2.82. The fraction of sp³-hybridized carbons (Fsp3) is 0.588. The Bertz CT molecular complexity index is 462. The van der Waals surface area contributed by atoms with Crippen LogP contribution in [0.4, 0.5) is 0 Å². The van der Waals surface area contributed by atoms with Gasteiger partial charge in [0.1, 0.15) is 0 Å². The van der Waals surface area contributed by atoms with E-state index in [1.165, 1.54) is 11.1 Å². The van der Waals surface area contributed by atoms with Gasteiger partial charge in [0, 0.05) is 19.0 Å². The minimum atomic E-state index is 0.157. The van der Waals surface area contributed by atoms with E-state index in [9.17, 15) is 4.79 Å². The predicted molar refractivity (Wildman–Crippen MR) is 82.6 cm³/mol. The van der Waals surface area contributed by atoms with Gasteiger partial charge < -0.3 is 10.6 Å². The number of benzene rings is 1. The molecule has 3 nitrogen and oxygen atoms in total. The third kappa shape index (κ3) is 4.34. The van der Waals surface area contributed by atoms with Crippen molar-refractivity contribution in [3.63, 3.8) is 0 Å². The molecule has 110 valence electrons. The maximum atomic E-state index is 11.9. The maximum Gasteiger partial charge on any atom is 0.220 e. The maximum absolute atomic E-state index is 11.9. The minimum absolute atomic E-state index is 0.157. The summed E-state index contributed by atoms with van der Waals surface area (Å²) in [5, 5.41) is 6.55. The van der Waals surface area contributed by atoms with E-state index in [1.54, 1.807) is 0 Å². The summed E-state index contributed by atoms with van der Waals surface area (Å²) in [5.41, 5.74) is 2.95. The average Bonchev–Trinajstić information content (AvgIpc) is 2.42. The highest BCUT2D eigenvalue weighted by atomic mass is 16.1. The zero-order chi connectivity index (χ0) is 14.6. The van der Waals surface area contributed by atoms with E-state index in [2.05, 4.69) is 55.7 Å². The number of hydrogen-bond acceptors (Lipinski definition) is 2. The van der Waals surface area contributed by atoms with Crippen molar-refractivity contribution < 1.29 is 4.79 Å². The first kappa shape index (κ1) is 15.0. The SMILES string of the molecule is CC(C)(C)CCC(=O)NCC1NCCc2ccccc21. The monoisotopic (exact) mass is 274 g/mol. The van der Waals surface area contributed by atoms with Crippen molar-refractivity contribution in [2.75, 3.05) is 13.1 Å². The second-order valence-corrected chi connectivity index (χ2v) is 6.82. The van der Waals surface area contributed by atoms with Gasteiger partial charge in [-0.3, -0.25) is 4.79 Å². The summed E-state index contributed by atoms with van der Waals surface area (Å²) < 4.78 is 0. The van der Waals surface area contributed by atoms with Crippen LogP contribution >= 0.6 is 0 Å². The molecular weight excluding hydrogens is 248 g/mol. The smallest absolute Gasteiger partial charge is 0.220 e. The quantitative estimate of drug-likeness (QED) is 0.886. The van der Waals surface area contributed by atoms with Crippen molar-refractivity contribution in [2.45, 2.75) is 46.1 Å². The zero-order valence-corrected chi connectivity index (χ0v) is 12.8. The molecule has 1 heterocycles. The molecule has 1 aromatic carbocycles. The Morgan fingerprint density at radius 3 is 2.85 bits per heavy atom. The Labute approximate surface area is 122 Å². The van der Waals surface area contributed by atoms with Crippen molar-refractivity contribution in [3.05, 3.63) is 35.4 Å². The topological polar surface area (TPSA) is 41.1 Å². The lowest BCUT2D eigenvalue weighted by molar-refractivity contribution is -0.121. The molecule has 0 spiro atoms. The Morgan fingerprint density at radius 1 is 1.35 bits per heavy atom. The van der Waals surface area contributed by atoms with Gasteiger partial charge in [-0.1, -0.05) is 45.0 Å². The first-order valence-corrected chi connectivity index (χ1v) is 7.53. The molecule has 0 aromatic heterocycles. The van der Waals surface area contributed by atoms with Crippen molar-refractivity contribution in [1.82, 2.24) is 10.6 Å². The molecule has 1 aliphatic heterocycles. The lowest BCUT2D eigenvalue weighted by Gasteiger charge is -2.27. The van der Waals surface area contributed by atoms with Crippen LogP contribution in [0.2, 0.25) is 0 Å². The van der Waals surface area contributed by atoms with Crippen LogP contribution in [0.15, 0.2) is 24.3 Å². The average molecular weight is 274 g/mol. The van der Waals surface area contributed by atoms with E-state index in [-0.39, 0.29) is 17.4 Å². The Kier molecular flexibility index (Phi) is 4.81. The van der Waals surface area contributed by atoms with Crippen LogP contribution in [0.1, 0.15) is 50.8 Å². The zero-order valence-electron chi connectivity index (χ0n) is 12.8. The largest absolute Gasteiger partial charge is 0.354 e. The van der Waals surface area contributed by atoms with E-state index < -0.39 is 0 Å². The van der Waals surface area contributed by atoms with Gasteiger partial charge in [0.25, 0.3) is 0 Å². The molecule has 1 aromatic rings. The number of hydrogen-bond donors (Lipinski definition) is 2. The number of carbonyl (C=O) groups excluding carboxylic acids is 1. The molecule has 2 N–H and O–H groups in total. The molecule has 1 unspecified atom stereocenters. The highest BCUT2D eigenvalue weighted by molar-refractivity contribution is 5.75. The van der Waals surface area contributed by atoms with Crippen LogP contribution in [0, 0.1) is 5.41 Å². The molecule has 0 saturated heterocycles. The van der Waals surface area contributed by atoms with Crippen molar-refractivity contribution in [1.29, 1.82) is 0 Å². The number of rotatable bonds is 4. The summed E-state index contributed by atoms with van der Waals surface area (Å²) in [6.07, 6.45) is 2.61. The Balaban J connectivity index is 1.85. The minimum Gasteiger partial charge on any atom is -0.354 e. The molecule has 1 atom stereocenters. The van der Waals surface area contributed by atoms with Crippen LogP contribution in [0.25, 0.3) is 0 Å². The fourth-order valence-corrected chi connectivity index (χ4v) is 2.57. The Hall–Kier alpha value is -1.35. The van der Waals surface area contributed by atoms with Gasteiger partial charge in [-0.15, -0.1) is 0 Å². The summed E-state index contributed by atoms with van der Waals surface area (Å²) in [6, 6.07) is 8.75. The van der Waals surface area contributed by atoms with Gasteiger partial charge in [-0.05, 0) is 35.9 Å². The van der Waals surface area contributed by atoms with Gasteiger partial charge in [0.2, 0.25) is 5.91 Å². The summed E-state index contributed by atoms with van der Waals surface area (Å²) in [7, 11) is 0. The van der Waals surface area contributed by atoms with Gasteiger partial charge >= 0.3 is 0 Å². The van der Waals surface area contributed by atoms with Crippen LogP contribution in [-0.2, 0) is 11.2 Å². The standard InChI is InChI=1S/C17H26N2O/c1-17(2,3)10-8-16(20)19-12-15-14-7-5-4-6-13(14)9-11-18-15/h4-7,15,18H,8-12H2,1-3H3,(H,19,20). The van der Waals surface area contributed by atoms with Gasteiger partial charge in [0.05, 0.1) is 0 Å². The van der Waals surface area contributed by atoms with Gasteiger partial charge in [0.15, 0.2) is 0 Å². The molecule has 0 radical (unpaired) electrons. The van der Waals surface area contributed by atoms with Crippen LogP contribution in [-0.4, -0.2) is 19.0 Å². The molecule has 0 aliphatic carbocycles. The first-order valence-electron chi connectivity index (χ1n) is 7.53. The number of amides is 1. The lowest BCUT2D eigenvalue weighted by Crippen LogP contribution is -2.39. The second-order valence-electron chi connectivity index (χ2n) is 6.82. The third-order valence-corrected chi connectivity index (χ3v) is 3.82. The summed E-state index contributed by atoms with van der Waals surface area (Å²) in [4.78, 5) is 11.9.